The number of carbonyl (C=O) groups is 2. The van der Waals surface area contributed by atoms with E-state index in [-0.39, 0.29) is 34.1 Å². The fourth-order valence-corrected chi connectivity index (χ4v) is 4.59. The number of anilines is 1. The van der Waals surface area contributed by atoms with Crippen LogP contribution in [0.5, 0.6) is 0 Å². The summed E-state index contributed by atoms with van der Waals surface area (Å²) in [6, 6.07) is 11.3. The third-order valence-corrected chi connectivity index (χ3v) is 7.27. The van der Waals surface area contributed by atoms with Crippen molar-refractivity contribution < 1.29 is 18.0 Å². The van der Waals surface area contributed by atoms with Gasteiger partial charge in [0.1, 0.15) is 12.6 Å². The lowest BCUT2D eigenvalue weighted by Gasteiger charge is -2.32. The lowest BCUT2D eigenvalue weighted by Crippen LogP contribution is -2.51. The van der Waals surface area contributed by atoms with Gasteiger partial charge in [-0.2, -0.15) is 0 Å². The quantitative estimate of drug-likeness (QED) is 0.500. The fourth-order valence-electron chi connectivity index (χ4n) is 3.29. The topological polar surface area (TPSA) is 86.8 Å². The molecule has 0 aliphatic rings. The molecule has 0 aliphatic heterocycles. The molecule has 1 atom stereocenters. The SMILES string of the molecule is Cc1ccccc1CN(C(=O)CN(c1cccc(Cl)c1Cl)S(C)(=O)=O)[C@@H](C)C(=O)NCC(C)C. The van der Waals surface area contributed by atoms with E-state index in [1.54, 1.807) is 13.0 Å². The third kappa shape index (κ3) is 7.35. The van der Waals surface area contributed by atoms with Crippen molar-refractivity contribution in [2.45, 2.75) is 40.3 Å². The highest BCUT2D eigenvalue weighted by Gasteiger charge is 2.31. The summed E-state index contributed by atoms with van der Waals surface area (Å²) >= 11 is 12.3. The summed E-state index contributed by atoms with van der Waals surface area (Å²) in [4.78, 5) is 27.8. The molecule has 186 valence electrons. The molecule has 0 aromatic heterocycles. The molecule has 2 aromatic carbocycles. The molecule has 2 aromatic rings. The Morgan fingerprint density at radius 2 is 1.68 bits per heavy atom. The second-order valence-corrected chi connectivity index (χ2v) is 11.3. The van der Waals surface area contributed by atoms with Crippen molar-refractivity contribution in [3.8, 4) is 0 Å². The van der Waals surface area contributed by atoms with Gasteiger partial charge in [-0.15, -0.1) is 0 Å². The van der Waals surface area contributed by atoms with Gasteiger partial charge >= 0.3 is 0 Å². The Balaban J connectivity index is 2.43. The van der Waals surface area contributed by atoms with E-state index in [4.69, 9.17) is 23.2 Å². The van der Waals surface area contributed by atoms with Crippen molar-refractivity contribution in [2.24, 2.45) is 5.92 Å². The first-order valence-corrected chi connectivity index (χ1v) is 13.5. The van der Waals surface area contributed by atoms with E-state index >= 15 is 0 Å². The molecule has 0 bridgehead atoms. The van der Waals surface area contributed by atoms with Crippen LogP contribution in [-0.2, 0) is 26.2 Å². The predicted octanol–water partition coefficient (Wildman–Crippen LogP) is 4.26. The van der Waals surface area contributed by atoms with Crippen molar-refractivity contribution in [2.75, 3.05) is 23.7 Å². The number of nitrogens with one attached hydrogen (secondary N) is 1. The molecule has 0 aliphatic carbocycles. The van der Waals surface area contributed by atoms with E-state index in [0.29, 0.717) is 6.54 Å². The van der Waals surface area contributed by atoms with E-state index < -0.39 is 28.5 Å². The van der Waals surface area contributed by atoms with Crippen molar-refractivity contribution >= 4 is 50.7 Å². The van der Waals surface area contributed by atoms with Gasteiger partial charge in [0.25, 0.3) is 0 Å². The molecule has 0 spiro atoms. The molecule has 7 nitrogen and oxygen atoms in total. The molecule has 2 rings (SSSR count). The number of amides is 2. The minimum absolute atomic E-state index is 0.0237. The zero-order valence-electron chi connectivity index (χ0n) is 20.0. The van der Waals surface area contributed by atoms with E-state index in [9.17, 15) is 18.0 Å². The molecule has 0 heterocycles. The van der Waals surface area contributed by atoms with Gasteiger partial charge in [0.15, 0.2) is 0 Å². The predicted molar refractivity (Wildman–Crippen MR) is 138 cm³/mol. The van der Waals surface area contributed by atoms with Crippen LogP contribution in [0.1, 0.15) is 31.9 Å². The van der Waals surface area contributed by atoms with Crippen LogP contribution in [0.2, 0.25) is 10.0 Å². The number of hydrogen-bond acceptors (Lipinski definition) is 4. The van der Waals surface area contributed by atoms with Crippen LogP contribution >= 0.6 is 23.2 Å². The summed E-state index contributed by atoms with van der Waals surface area (Å²) in [7, 11) is -3.89. The number of carbonyl (C=O) groups excluding carboxylic acids is 2. The van der Waals surface area contributed by atoms with E-state index in [1.165, 1.54) is 17.0 Å². The monoisotopic (exact) mass is 527 g/mol. The first-order chi connectivity index (χ1) is 15.8. The molecule has 0 fully saturated rings. The summed E-state index contributed by atoms with van der Waals surface area (Å²) in [5.74, 6) is -0.624. The molecular formula is C24H31Cl2N3O4S. The van der Waals surface area contributed by atoms with Crippen molar-refractivity contribution in [3.05, 3.63) is 63.6 Å². The third-order valence-electron chi connectivity index (χ3n) is 5.33. The van der Waals surface area contributed by atoms with Gasteiger partial charge in [0.05, 0.1) is 22.0 Å². The van der Waals surface area contributed by atoms with Crippen LogP contribution < -0.4 is 9.62 Å². The van der Waals surface area contributed by atoms with Crippen LogP contribution in [0.4, 0.5) is 5.69 Å². The minimum Gasteiger partial charge on any atom is -0.354 e. The van der Waals surface area contributed by atoms with Gasteiger partial charge in [-0.25, -0.2) is 8.42 Å². The fraction of sp³-hybridized carbons (Fsp3) is 0.417. The normalized spacial score (nSPS) is 12.4. The molecule has 34 heavy (non-hydrogen) atoms. The maximum Gasteiger partial charge on any atom is 0.244 e. The van der Waals surface area contributed by atoms with Gasteiger partial charge in [-0.05, 0) is 43.0 Å². The number of sulfonamides is 1. The lowest BCUT2D eigenvalue weighted by atomic mass is 10.1. The average molecular weight is 529 g/mol. The molecule has 0 saturated carbocycles. The van der Waals surface area contributed by atoms with Crippen molar-refractivity contribution in [1.29, 1.82) is 0 Å². The molecule has 2 amide bonds. The maximum atomic E-state index is 13.5. The Kier molecular flexibility index (Phi) is 9.79. The Labute approximate surface area is 212 Å². The highest BCUT2D eigenvalue weighted by Crippen LogP contribution is 2.33. The van der Waals surface area contributed by atoms with Gasteiger partial charge in [0, 0.05) is 13.1 Å². The summed E-state index contributed by atoms with van der Waals surface area (Å²) in [6.45, 7) is 7.55. The van der Waals surface area contributed by atoms with Gasteiger partial charge in [-0.1, -0.05) is 67.4 Å². The first kappa shape index (κ1) is 28.0. The second-order valence-electron chi connectivity index (χ2n) is 8.61. The first-order valence-electron chi connectivity index (χ1n) is 10.9. The minimum atomic E-state index is -3.89. The smallest absolute Gasteiger partial charge is 0.244 e. The lowest BCUT2D eigenvalue weighted by molar-refractivity contribution is -0.139. The number of aryl methyl sites for hydroxylation is 1. The highest BCUT2D eigenvalue weighted by atomic mass is 35.5. The largest absolute Gasteiger partial charge is 0.354 e. The number of nitrogens with zero attached hydrogens (tertiary/aromatic N) is 2. The number of halogens is 2. The van der Waals surface area contributed by atoms with Crippen LogP contribution in [0, 0.1) is 12.8 Å². The summed E-state index contributed by atoms with van der Waals surface area (Å²) in [6.07, 6.45) is 0.988. The Hall–Kier alpha value is -2.29. The van der Waals surface area contributed by atoms with Crippen molar-refractivity contribution in [3.63, 3.8) is 0 Å². The summed E-state index contributed by atoms with van der Waals surface area (Å²) in [5, 5.41) is 3.04. The van der Waals surface area contributed by atoms with Crippen molar-refractivity contribution in [1.82, 2.24) is 10.2 Å². The average Bonchev–Trinajstić information content (AvgIpc) is 2.76. The van der Waals surface area contributed by atoms with Crippen LogP contribution in [0.25, 0.3) is 0 Å². The van der Waals surface area contributed by atoms with Gasteiger partial charge < -0.3 is 10.2 Å². The maximum absolute atomic E-state index is 13.5. The Morgan fingerprint density at radius 3 is 2.26 bits per heavy atom. The Bertz CT molecular complexity index is 1140. The highest BCUT2D eigenvalue weighted by molar-refractivity contribution is 7.92. The van der Waals surface area contributed by atoms with E-state index in [0.717, 1.165) is 21.7 Å². The zero-order chi connectivity index (χ0) is 25.6. The molecule has 0 saturated heterocycles. The molecule has 0 unspecified atom stereocenters. The summed E-state index contributed by atoms with van der Waals surface area (Å²) in [5.41, 5.74) is 1.90. The van der Waals surface area contributed by atoms with Crippen LogP contribution in [-0.4, -0.2) is 50.5 Å². The van der Waals surface area contributed by atoms with Gasteiger partial charge in [-0.3, -0.25) is 13.9 Å². The second kappa shape index (κ2) is 11.9. The van der Waals surface area contributed by atoms with Gasteiger partial charge in [0.2, 0.25) is 21.8 Å². The molecule has 10 heteroatoms. The standard InChI is InChI=1S/C24H31Cl2N3O4S/c1-16(2)13-27-24(31)18(4)28(14-19-10-7-6-9-17(19)3)22(30)15-29(34(5,32)33)21-12-8-11-20(25)23(21)26/h6-12,16,18H,13-15H2,1-5H3,(H,27,31)/t18-/m0/s1. The van der Waals surface area contributed by atoms with E-state index in [1.807, 2.05) is 45.0 Å². The Morgan fingerprint density at radius 1 is 1.03 bits per heavy atom. The summed E-state index contributed by atoms with van der Waals surface area (Å²) < 4.78 is 26.2. The zero-order valence-corrected chi connectivity index (χ0v) is 22.3. The number of hydrogen-bond donors (Lipinski definition) is 1. The van der Waals surface area contributed by atoms with Crippen LogP contribution in [0.3, 0.4) is 0 Å². The number of benzene rings is 2. The van der Waals surface area contributed by atoms with E-state index in [2.05, 4.69) is 5.32 Å². The molecule has 0 radical (unpaired) electrons. The molecular weight excluding hydrogens is 497 g/mol. The number of rotatable bonds is 10. The molecule has 1 N–H and O–H groups in total. The van der Waals surface area contributed by atoms with Crippen LogP contribution in [0.15, 0.2) is 42.5 Å².